The molecule has 2 aliphatic heterocycles. The van der Waals surface area contributed by atoms with Gasteiger partial charge in [-0.15, -0.1) is 0 Å². The first-order valence-electron chi connectivity index (χ1n) is 15.3. The molecule has 226 valence electrons. The number of amides is 2. The normalized spacial score (nSPS) is 26.7. The number of aromatic hydroxyl groups is 1. The lowest BCUT2D eigenvalue weighted by Gasteiger charge is -2.42. The van der Waals surface area contributed by atoms with E-state index < -0.39 is 23.7 Å². The van der Waals surface area contributed by atoms with Crippen molar-refractivity contribution in [1.82, 2.24) is 0 Å². The van der Waals surface area contributed by atoms with E-state index in [1.54, 1.807) is 25.1 Å². The zero-order chi connectivity index (χ0) is 30.7. The standard InChI is InChI=1S/C35H34N2O7/c1-3-44-28-6-4-5-23(33(28)40)29-22-11-12-24-30(25(22)18-26-27(38)17-19(2)32(39)31(26)29)35(42)37(34(24)41)21-9-7-20(8-10-21)36-13-15-43-16-14-36/h4-11,17,24-25,29-30,40H,3,12-16,18H2,1-2H3/t24-,25+,29+,30-/m0/s1. The zero-order valence-electron chi connectivity index (χ0n) is 24.7. The molecule has 2 amide bonds. The number of phenolic OH excluding ortho intramolecular Hbond substituents is 1. The van der Waals surface area contributed by atoms with Gasteiger partial charge in [-0.1, -0.05) is 23.8 Å². The largest absolute Gasteiger partial charge is 0.504 e. The Labute approximate surface area is 255 Å². The van der Waals surface area contributed by atoms with E-state index in [9.17, 15) is 24.3 Å². The fourth-order valence-corrected chi connectivity index (χ4v) is 7.65. The zero-order valence-corrected chi connectivity index (χ0v) is 24.7. The SMILES string of the molecule is CCOc1cccc([C@H]2C3=CC[C@@H]4C(=O)N(c5ccc(N6CCOCC6)cc5)C(=O)[C@@H]4[C@@H]3CC3=C2C(=O)C(C)=CC3=O)c1O. The summed E-state index contributed by atoms with van der Waals surface area (Å²) in [5.41, 5.74) is 3.78. The van der Waals surface area contributed by atoms with Gasteiger partial charge in [0.1, 0.15) is 0 Å². The lowest BCUT2D eigenvalue weighted by Crippen LogP contribution is -2.39. The second-order valence-corrected chi connectivity index (χ2v) is 12.0. The predicted molar refractivity (Wildman–Crippen MR) is 163 cm³/mol. The Morgan fingerprint density at radius 3 is 2.41 bits per heavy atom. The highest BCUT2D eigenvalue weighted by atomic mass is 16.5. The number of Topliss-reactive ketones (excluding diaryl/α,β-unsaturated/α-hetero) is 1. The highest BCUT2D eigenvalue weighted by Gasteiger charge is 2.57. The van der Waals surface area contributed by atoms with Crippen LogP contribution < -0.4 is 14.5 Å². The van der Waals surface area contributed by atoms with E-state index in [0.29, 0.717) is 54.2 Å². The Morgan fingerprint density at radius 2 is 1.68 bits per heavy atom. The fourth-order valence-electron chi connectivity index (χ4n) is 7.65. The summed E-state index contributed by atoms with van der Waals surface area (Å²) >= 11 is 0. The minimum atomic E-state index is -0.741. The van der Waals surface area contributed by atoms with E-state index in [-0.39, 0.29) is 41.3 Å². The maximum atomic E-state index is 14.2. The molecule has 2 aromatic carbocycles. The van der Waals surface area contributed by atoms with Crippen LogP contribution in [0.1, 0.15) is 38.2 Å². The second kappa shape index (κ2) is 10.9. The Bertz CT molecular complexity index is 1680. The first-order chi connectivity index (χ1) is 21.3. The Kier molecular flexibility index (Phi) is 7.00. The molecule has 44 heavy (non-hydrogen) atoms. The van der Waals surface area contributed by atoms with Gasteiger partial charge in [-0.3, -0.25) is 24.1 Å². The number of benzene rings is 2. The van der Waals surface area contributed by atoms with Crippen LogP contribution in [-0.2, 0) is 23.9 Å². The summed E-state index contributed by atoms with van der Waals surface area (Å²) in [5, 5.41) is 11.3. The van der Waals surface area contributed by atoms with E-state index in [2.05, 4.69) is 4.90 Å². The first-order valence-corrected chi connectivity index (χ1v) is 15.3. The third-order valence-electron chi connectivity index (χ3n) is 9.69. The third kappa shape index (κ3) is 4.32. The molecule has 5 aliphatic rings. The number of anilines is 2. The predicted octanol–water partition coefficient (Wildman–Crippen LogP) is 4.26. The molecular formula is C35H34N2O7. The summed E-state index contributed by atoms with van der Waals surface area (Å²) in [4.78, 5) is 58.6. The van der Waals surface area contributed by atoms with Gasteiger partial charge < -0.3 is 19.5 Å². The van der Waals surface area contributed by atoms with Crippen molar-refractivity contribution in [3.05, 3.63) is 82.5 Å². The molecule has 0 spiro atoms. The second-order valence-electron chi connectivity index (χ2n) is 12.0. The van der Waals surface area contributed by atoms with Crippen LogP contribution in [-0.4, -0.2) is 61.4 Å². The van der Waals surface area contributed by atoms with E-state index in [1.165, 1.54) is 11.0 Å². The van der Waals surface area contributed by atoms with Gasteiger partial charge in [0.15, 0.2) is 23.1 Å². The van der Waals surface area contributed by atoms with Crippen molar-refractivity contribution in [3.63, 3.8) is 0 Å². The van der Waals surface area contributed by atoms with Crippen LogP contribution in [0.25, 0.3) is 0 Å². The summed E-state index contributed by atoms with van der Waals surface area (Å²) in [6.45, 7) is 6.64. The molecule has 2 aromatic rings. The number of fused-ring (bicyclic) bond motifs is 3. The molecule has 0 aromatic heterocycles. The van der Waals surface area contributed by atoms with Gasteiger partial charge in [-0.2, -0.15) is 0 Å². The molecule has 4 atom stereocenters. The third-order valence-corrected chi connectivity index (χ3v) is 9.69. The van der Waals surface area contributed by atoms with Crippen molar-refractivity contribution in [2.75, 3.05) is 42.7 Å². The van der Waals surface area contributed by atoms with E-state index in [0.717, 1.165) is 24.4 Å². The lowest BCUT2D eigenvalue weighted by molar-refractivity contribution is -0.123. The summed E-state index contributed by atoms with van der Waals surface area (Å²) < 4.78 is 11.1. The van der Waals surface area contributed by atoms with Gasteiger partial charge in [0, 0.05) is 47.0 Å². The Hall–Kier alpha value is -4.50. The number of para-hydroxylation sites is 1. The number of ketones is 2. The van der Waals surface area contributed by atoms with Crippen LogP contribution in [0.2, 0.25) is 0 Å². The van der Waals surface area contributed by atoms with Gasteiger partial charge in [-0.05, 0) is 69.0 Å². The lowest BCUT2D eigenvalue weighted by atomic mass is 9.59. The van der Waals surface area contributed by atoms with Gasteiger partial charge in [-0.25, -0.2) is 0 Å². The number of nitrogens with zero attached hydrogens (tertiary/aromatic N) is 2. The molecule has 2 saturated heterocycles. The summed E-state index contributed by atoms with van der Waals surface area (Å²) in [5.74, 6) is -3.38. The molecule has 0 saturated carbocycles. The molecule has 7 rings (SSSR count). The highest BCUT2D eigenvalue weighted by molar-refractivity contribution is 6.25. The molecular weight excluding hydrogens is 560 g/mol. The number of ether oxygens (including phenoxy) is 2. The Morgan fingerprint density at radius 1 is 0.955 bits per heavy atom. The van der Waals surface area contributed by atoms with Crippen molar-refractivity contribution in [1.29, 1.82) is 0 Å². The molecule has 0 unspecified atom stereocenters. The van der Waals surface area contributed by atoms with E-state index in [4.69, 9.17) is 9.47 Å². The molecule has 9 heteroatoms. The van der Waals surface area contributed by atoms with E-state index in [1.807, 2.05) is 37.3 Å². The molecule has 2 heterocycles. The van der Waals surface area contributed by atoms with Gasteiger partial charge in [0.05, 0.1) is 37.3 Å². The van der Waals surface area contributed by atoms with Gasteiger partial charge in [0.25, 0.3) is 0 Å². The quantitative estimate of drug-likeness (QED) is 0.311. The monoisotopic (exact) mass is 594 g/mol. The van der Waals surface area contributed by atoms with Crippen LogP contribution in [0.5, 0.6) is 11.5 Å². The summed E-state index contributed by atoms with van der Waals surface area (Å²) in [7, 11) is 0. The molecule has 2 fully saturated rings. The number of carbonyl (C=O) groups excluding carboxylic acids is 4. The smallest absolute Gasteiger partial charge is 0.238 e. The number of phenols is 1. The van der Waals surface area contributed by atoms with Crippen molar-refractivity contribution in [2.24, 2.45) is 17.8 Å². The minimum absolute atomic E-state index is 0.0989. The average molecular weight is 595 g/mol. The average Bonchev–Trinajstić information content (AvgIpc) is 3.30. The fraction of sp³-hybridized carbons (Fsp3) is 0.371. The summed E-state index contributed by atoms with van der Waals surface area (Å²) in [6, 6.07) is 12.6. The maximum Gasteiger partial charge on any atom is 0.238 e. The van der Waals surface area contributed by atoms with Gasteiger partial charge in [0.2, 0.25) is 11.8 Å². The number of morpholine rings is 1. The number of allylic oxidation sites excluding steroid dienone is 6. The Balaban J connectivity index is 1.28. The maximum absolute atomic E-state index is 14.2. The number of hydrogen-bond acceptors (Lipinski definition) is 8. The molecule has 0 bridgehead atoms. The van der Waals surface area contributed by atoms with Crippen LogP contribution in [0.4, 0.5) is 11.4 Å². The molecule has 1 N–H and O–H groups in total. The van der Waals surface area contributed by atoms with Crippen molar-refractivity contribution < 1.29 is 33.8 Å². The molecule has 0 radical (unpaired) electrons. The minimum Gasteiger partial charge on any atom is -0.504 e. The summed E-state index contributed by atoms with van der Waals surface area (Å²) in [6.07, 6.45) is 3.82. The van der Waals surface area contributed by atoms with Crippen molar-refractivity contribution in [3.8, 4) is 11.5 Å². The topological polar surface area (TPSA) is 113 Å². The van der Waals surface area contributed by atoms with Gasteiger partial charge >= 0.3 is 0 Å². The number of imide groups is 1. The van der Waals surface area contributed by atoms with Crippen LogP contribution in [0.3, 0.4) is 0 Å². The molecule has 3 aliphatic carbocycles. The first kappa shape index (κ1) is 28.3. The number of carbonyl (C=O) groups is 4. The highest BCUT2D eigenvalue weighted by Crippen LogP contribution is 2.57. The molecule has 9 nitrogen and oxygen atoms in total. The van der Waals surface area contributed by atoms with Crippen LogP contribution in [0, 0.1) is 17.8 Å². The van der Waals surface area contributed by atoms with Crippen LogP contribution in [0.15, 0.2) is 76.9 Å². The van der Waals surface area contributed by atoms with Crippen LogP contribution >= 0.6 is 0 Å². The number of rotatable bonds is 5. The van der Waals surface area contributed by atoms with Crippen molar-refractivity contribution >= 4 is 34.8 Å². The van der Waals surface area contributed by atoms with Crippen molar-refractivity contribution in [2.45, 2.75) is 32.6 Å². The number of hydrogen-bond donors (Lipinski definition) is 1. The van der Waals surface area contributed by atoms with E-state index >= 15 is 0 Å².